The first-order valence-corrected chi connectivity index (χ1v) is 11.4. The average Bonchev–Trinajstić information content (AvgIpc) is 3.16. The largest absolute Gasteiger partial charge is 0.326 e. The molecule has 3 aromatic rings. The second-order valence-electron chi connectivity index (χ2n) is 7.44. The number of nitrogens with one attached hydrogen (secondary N) is 2. The van der Waals surface area contributed by atoms with Crippen LogP contribution in [0, 0.1) is 12.8 Å². The van der Waals surface area contributed by atoms with E-state index in [1.54, 1.807) is 11.0 Å². The monoisotopic (exact) mass is 451 g/mol. The zero-order chi connectivity index (χ0) is 22.7. The van der Waals surface area contributed by atoms with Crippen LogP contribution in [0.2, 0.25) is 0 Å². The van der Waals surface area contributed by atoms with Crippen molar-refractivity contribution in [2.24, 2.45) is 5.92 Å². The van der Waals surface area contributed by atoms with E-state index in [1.807, 2.05) is 31.2 Å². The Morgan fingerprint density at radius 3 is 2.47 bits per heavy atom. The Kier molecular flexibility index (Phi) is 5.87. The van der Waals surface area contributed by atoms with Crippen molar-refractivity contribution in [1.29, 1.82) is 0 Å². The number of aromatic nitrogens is 2. The lowest BCUT2D eigenvalue weighted by Crippen LogP contribution is -2.28. The fourth-order valence-corrected chi connectivity index (χ4v) is 4.38. The zero-order valence-electron chi connectivity index (χ0n) is 17.2. The predicted molar refractivity (Wildman–Crippen MR) is 120 cm³/mol. The molecule has 2 amide bonds. The number of anilines is 3. The fourth-order valence-electron chi connectivity index (χ4n) is 3.42. The molecular formula is C22H21N5O4S. The molecule has 1 atom stereocenters. The van der Waals surface area contributed by atoms with Crippen LogP contribution in [0.15, 0.2) is 71.9 Å². The third-order valence-electron chi connectivity index (χ3n) is 5.03. The van der Waals surface area contributed by atoms with Crippen LogP contribution in [0.5, 0.6) is 0 Å². The van der Waals surface area contributed by atoms with Gasteiger partial charge in [-0.15, -0.1) is 0 Å². The third kappa shape index (κ3) is 4.75. The molecule has 4 rings (SSSR count). The average molecular weight is 452 g/mol. The second-order valence-corrected chi connectivity index (χ2v) is 9.12. The van der Waals surface area contributed by atoms with Crippen molar-refractivity contribution in [1.82, 2.24) is 9.97 Å². The molecule has 32 heavy (non-hydrogen) atoms. The molecule has 2 heterocycles. The van der Waals surface area contributed by atoms with Crippen LogP contribution < -0.4 is 14.9 Å². The Balaban J connectivity index is 1.40. The van der Waals surface area contributed by atoms with Crippen LogP contribution in [-0.4, -0.2) is 36.7 Å². The molecule has 1 aromatic heterocycles. The Morgan fingerprint density at radius 1 is 1.06 bits per heavy atom. The maximum absolute atomic E-state index is 12.7. The molecule has 164 valence electrons. The van der Waals surface area contributed by atoms with E-state index in [0.29, 0.717) is 12.2 Å². The Bertz CT molecular complexity index is 1250. The third-order valence-corrected chi connectivity index (χ3v) is 6.38. The number of carbonyl (C=O) groups is 2. The summed E-state index contributed by atoms with van der Waals surface area (Å²) in [7, 11) is -3.86. The lowest BCUT2D eigenvalue weighted by atomic mass is 10.1. The molecule has 10 heteroatoms. The standard InChI is InChI=1S/C22H21N5O4S/c1-15-4-2-5-18(12-15)27-14-16(13-20(27)28)21(29)25-17-6-8-19(9-7-17)32(30,31)26-22-23-10-3-11-24-22/h2-12,16H,13-14H2,1H3,(H,25,29)(H,23,24,26). The van der Waals surface area contributed by atoms with E-state index in [0.717, 1.165) is 11.3 Å². The highest BCUT2D eigenvalue weighted by molar-refractivity contribution is 7.92. The lowest BCUT2D eigenvalue weighted by Gasteiger charge is -2.17. The lowest BCUT2D eigenvalue weighted by molar-refractivity contribution is -0.122. The Hall–Kier alpha value is -3.79. The summed E-state index contributed by atoms with van der Waals surface area (Å²) >= 11 is 0. The van der Waals surface area contributed by atoms with E-state index in [9.17, 15) is 18.0 Å². The molecule has 2 aromatic carbocycles. The van der Waals surface area contributed by atoms with Crippen LogP contribution in [-0.2, 0) is 19.6 Å². The molecule has 0 radical (unpaired) electrons. The van der Waals surface area contributed by atoms with Gasteiger partial charge in [0.2, 0.25) is 17.8 Å². The van der Waals surface area contributed by atoms with Crippen molar-refractivity contribution < 1.29 is 18.0 Å². The van der Waals surface area contributed by atoms with E-state index in [2.05, 4.69) is 20.0 Å². The first-order valence-electron chi connectivity index (χ1n) is 9.90. The number of rotatable bonds is 6. The van der Waals surface area contributed by atoms with Crippen LogP contribution >= 0.6 is 0 Å². The van der Waals surface area contributed by atoms with Gasteiger partial charge in [0.05, 0.1) is 10.8 Å². The van der Waals surface area contributed by atoms with Crippen LogP contribution in [0.4, 0.5) is 17.3 Å². The minimum Gasteiger partial charge on any atom is -0.326 e. The van der Waals surface area contributed by atoms with Crippen molar-refractivity contribution in [2.75, 3.05) is 21.5 Å². The normalized spacial score (nSPS) is 16.1. The van der Waals surface area contributed by atoms with Gasteiger partial charge in [-0.2, -0.15) is 0 Å². The highest BCUT2D eigenvalue weighted by Crippen LogP contribution is 2.27. The Labute approximate surface area is 185 Å². The number of hydrogen-bond acceptors (Lipinski definition) is 6. The summed E-state index contributed by atoms with van der Waals surface area (Å²) in [5.74, 6) is -0.927. The molecule has 0 spiro atoms. The van der Waals surface area contributed by atoms with Crippen molar-refractivity contribution in [2.45, 2.75) is 18.2 Å². The summed E-state index contributed by atoms with van der Waals surface area (Å²) in [6.45, 7) is 2.24. The van der Waals surface area contributed by atoms with Crippen molar-refractivity contribution in [3.05, 3.63) is 72.6 Å². The number of sulfonamides is 1. The fraction of sp³-hybridized carbons (Fsp3) is 0.182. The number of benzene rings is 2. The van der Waals surface area contributed by atoms with Crippen LogP contribution in [0.25, 0.3) is 0 Å². The highest BCUT2D eigenvalue weighted by atomic mass is 32.2. The Morgan fingerprint density at radius 2 is 1.78 bits per heavy atom. The van der Waals surface area contributed by atoms with Crippen molar-refractivity contribution in [3.8, 4) is 0 Å². The van der Waals surface area contributed by atoms with E-state index < -0.39 is 15.9 Å². The number of amides is 2. The summed E-state index contributed by atoms with van der Waals surface area (Å²) in [6.07, 6.45) is 2.97. The number of hydrogen-bond donors (Lipinski definition) is 2. The van der Waals surface area contributed by atoms with Gasteiger partial charge in [0, 0.05) is 36.7 Å². The van der Waals surface area contributed by atoms with E-state index in [4.69, 9.17) is 0 Å². The minimum absolute atomic E-state index is 0.00428. The quantitative estimate of drug-likeness (QED) is 0.594. The van der Waals surface area contributed by atoms with Gasteiger partial charge in [0.15, 0.2) is 0 Å². The van der Waals surface area contributed by atoms with Gasteiger partial charge in [0.1, 0.15) is 0 Å². The first-order chi connectivity index (χ1) is 15.3. The molecule has 9 nitrogen and oxygen atoms in total. The molecular weight excluding hydrogens is 430 g/mol. The summed E-state index contributed by atoms with van der Waals surface area (Å²) in [4.78, 5) is 34.4. The number of aryl methyl sites for hydroxylation is 1. The SMILES string of the molecule is Cc1cccc(N2CC(C(=O)Nc3ccc(S(=O)(=O)Nc4ncccn4)cc3)CC2=O)c1. The molecule has 1 aliphatic heterocycles. The molecule has 0 saturated carbocycles. The molecule has 1 saturated heterocycles. The van der Waals surface area contributed by atoms with Crippen LogP contribution in [0.3, 0.4) is 0 Å². The predicted octanol–water partition coefficient (Wildman–Crippen LogP) is 2.58. The maximum Gasteiger partial charge on any atom is 0.264 e. The van der Waals surface area contributed by atoms with Gasteiger partial charge in [-0.25, -0.2) is 23.1 Å². The van der Waals surface area contributed by atoms with Crippen LogP contribution in [0.1, 0.15) is 12.0 Å². The number of carbonyl (C=O) groups excluding carboxylic acids is 2. The van der Waals surface area contributed by atoms with Gasteiger partial charge in [-0.1, -0.05) is 12.1 Å². The molecule has 2 N–H and O–H groups in total. The first kappa shape index (κ1) is 21.4. The van der Waals surface area contributed by atoms with Gasteiger partial charge >= 0.3 is 0 Å². The summed E-state index contributed by atoms with van der Waals surface area (Å²) in [5, 5.41) is 2.76. The van der Waals surface area contributed by atoms with Crippen molar-refractivity contribution in [3.63, 3.8) is 0 Å². The zero-order valence-corrected chi connectivity index (χ0v) is 18.0. The molecule has 1 unspecified atom stereocenters. The number of nitrogens with zero attached hydrogens (tertiary/aromatic N) is 3. The minimum atomic E-state index is -3.86. The molecule has 1 aliphatic rings. The van der Waals surface area contributed by atoms with E-state index in [1.165, 1.54) is 36.7 Å². The molecule has 0 bridgehead atoms. The van der Waals surface area contributed by atoms with Gasteiger partial charge < -0.3 is 10.2 Å². The van der Waals surface area contributed by atoms with Crippen molar-refractivity contribution >= 4 is 39.2 Å². The van der Waals surface area contributed by atoms with Gasteiger partial charge in [0.25, 0.3) is 10.0 Å². The smallest absolute Gasteiger partial charge is 0.264 e. The summed E-state index contributed by atoms with van der Waals surface area (Å²) < 4.78 is 27.2. The topological polar surface area (TPSA) is 121 Å². The van der Waals surface area contributed by atoms with E-state index in [-0.39, 0.29) is 29.1 Å². The summed E-state index contributed by atoms with van der Waals surface area (Å²) in [6, 6.07) is 14.9. The highest BCUT2D eigenvalue weighted by Gasteiger charge is 2.35. The molecule has 1 fully saturated rings. The second kappa shape index (κ2) is 8.75. The van der Waals surface area contributed by atoms with Gasteiger partial charge in [-0.05, 0) is 55.0 Å². The maximum atomic E-state index is 12.7. The van der Waals surface area contributed by atoms with E-state index >= 15 is 0 Å². The molecule has 0 aliphatic carbocycles. The summed E-state index contributed by atoms with van der Waals surface area (Å²) in [5.41, 5.74) is 2.24. The van der Waals surface area contributed by atoms with Gasteiger partial charge in [-0.3, -0.25) is 9.59 Å².